The van der Waals surface area contributed by atoms with Crippen LogP contribution in [0.3, 0.4) is 0 Å². The Morgan fingerprint density at radius 1 is 1.17 bits per heavy atom. The standard InChI is InChI=1S/C20H21N3O5S2/c1-4-28-15-8-5-13(6-9-15)20-22-17(12-29-20)19(24)21-14-7-10-16(18(11-14)27-2)23-30(3,25)26/h5-12,23H,4H2,1-3H3,(H,21,24). The van der Waals surface area contributed by atoms with Gasteiger partial charge < -0.3 is 14.8 Å². The first-order valence-corrected chi connectivity index (χ1v) is 11.7. The molecule has 8 nitrogen and oxygen atoms in total. The van der Waals surface area contributed by atoms with Crippen molar-refractivity contribution in [1.29, 1.82) is 0 Å². The van der Waals surface area contributed by atoms with Crippen molar-refractivity contribution < 1.29 is 22.7 Å². The maximum atomic E-state index is 12.6. The first kappa shape index (κ1) is 21.6. The molecule has 1 amide bonds. The molecule has 0 saturated heterocycles. The number of carbonyl (C=O) groups excluding carboxylic acids is 1. The second-order valence-corrected chi connectivity index (χ2v) is 8.85. The van der Waals surface area contributed by atoms with Crippen LogP contribution < -0.4 is 19.5 Å². The third-order valence-corrected chi connectivity index (χ3v) is 5.39. The lowest BCUT2D eigenvalue weighted by molar-refractivity contribution is 0.102. The Labute approximate surface area is 178 Å². The summed E-state index contributed by atoms with van der Waals surface area (Å²) in [6.07, 6.45) is 1.05. The molecule has 2 N–H and O–H groups in total. The predicted molar refractivity (Wildman–Crippen MR) is 118 cm³/mol. The zero-order chi connectivity index (χ0) is 21.7. The lowest BCUT2D eigenvalue weighted by Gasteiger charge is -2.12. The van der Waals surface area contributed by atoms with Gasteiger partial charge in [0, 0.05) is 22.7 Å². The van der Waals surface area contributed by atoms with E-state index in [9.17, 15) is 13.2 Å². The number of carbonyl (C=O) groups is 1. The molecule has 0 aliphatic rings. The van der Waals surface area contributed by atoms with Gasteiger partial charge in [0.2, 0.25) is 10.0 Å². The highest BCUT2D eigenvalue weighted by Crippen LogP contribution is 2.30. The quantitative estimate of drug-likeness (QED) is 0.543. The summed E-state index contributed by atoms with van der Waals surface area (Å²) in [6.45, 7) is 2.52. The summed E-state index contributed by atoms with van der Waals surface area (Å²) in [6, 6.07) is 12.1. The van der Waals surface area contributed by atoms with E-state index in [0.29, 0.717) is 17.3 Å². The van der Waals surface area contributed by atoms with Gasteiger partial charge in [0.15, 0.2) is 0 Å². The van der Waals surface area contributed by atoms with Crippen LogP contribution in [-0.2, 0) is 10.0 Å². The van der Waals surface area contributed by atoms with Gasteiger partial charge >= 0.3 is 0 Å². The number of rotatable bonds is 8. The molecule has 0 spiro atoms. The highest BCUT2D eigenvalue weighted by atomic mass is 32.2. The van der Waals surface area contributed by atoms with Crippen molar-refractivity contribution in [2.75, 3.05) is 30.0 Å². The lowest BCUT2D eigenvalue weighted by Crippen LogP contribution is -2.13. The van der Waals surface area contributed by atoms with Gasteiger partial charge in [-0.25, -0.2) is 13.4 Å². The van der Waals surface area contributed by atoms with Crippen LogP contribution in [0.25, 0.3) is 10.6 Å². The molecular formula is C20H21N3O5S2. The molecule has 0 atom stereocenters. The smallest absolute Gasteiger partial charge is 0.275 e. The number of amides is 1. The molecule has 10 heteroatoms. The molecule has 158 valence electrons. The minimum atomic E-state index is -3.45. The molecule has 0 aliphatic carbocycles. The fourth-order valence-electron chi connectivity index (χ4n) is 2.62. The zero-order valence-electron chi connectivity index (χ0n) is 16.6. The maximum absolute atomic E-state index is 12.6. The van der Waals surface area contributed by atoms with Crippen LogP contribution >= 0.6 is 11.3 Å². The summed E-state index contributed by atoms with van der Waals surface area (Å²) in [5, 5.41) is 5.14. The predicted octanol–water partition coefficient (Wildman–Crippen LogP) is 3.84. The fraction of sp³-hybridized carbons (Fsp3) is 0.200. The van der Waals surface area contributed by atoms with Crippen LogP contribution in [-0.4, -0.2) is 39.3 Å². The van der Waals surface area contributed by atoms with Gasteiger partial charge in [0.1, 0.15) is 22.2 Å². The summed E-state index contributed by atoms with van der Waals surface area (Å²) in [4.78, 5) is 17.0. The molecule has 0 unspecified atom stereocenters. The van der Waals surface area contributed by atoms with Crippen LogP contribution in [0.5, 0.6) is 11.5 Å². The number of benzene rings is 2. The summed E-state index contributed by atoms with van der Waals surface area (Å²) >= 11 is 1.36. The first-order valence-electron chi connectivity index (χ1n) is 8.95. The number of methoxy groups -OCH3 is 1. The molecule has 3 aromatic rings. The average molecular weight is 448 g/mol. The summed E-state index contributed by atoms with van der Waals surface area (Å²) in [5.41, 5.74) is 1.90. The van der Waals surface area contributed by atoms with Gasteiger partial charge in [-0.15, -0.1) is 11.3 Å². The number of nitrogens with zero attached hydrogens (tertiary/aromatic N) is 1. The highest BCUT2D eigenvalue weighted by molar-refractivity contribution is 7.92. The SMILES string of the molecule is CCOc1ccc(-c2nc(C(=O)Nc3ccc(NS(C)(=O)=O)c(OC)c3)cs2)cc1. The Bertz CT molecular complexity index is 1140. The number of anilines is 2. The molecule has 2 aromatic carbocycles. The van der Waals surface area contributed by atoms with E-state index < -0.39 is 10.0 Å². The number of hydrogen-bond acceptors (Lipinski definition) is 7. The van der Waals surface area contributed by atoms with Gasteiger partial charge in [0.05, 0.1) is 25.7 Å². The number of aromatic nitrogens is 1. The van der Waals surface area contributed by atoms with Crippen molar-refractivity contribution in [1.82, 2.24) is 4.98 Å². The summed E-state index contributed by atoms with van der Waals surface area (Å²) < 4.78 is 35.9. The number of nitrogens with one attached hydrogen (secondary N) is 2. The van der Waals surface area contributed by atoms with E-state index in [4.69, 9.17) is 9.47 Å². The molecule has 0 radical (unpaired) electrons. The summed E-state index contributed by atoms with van der Waals surface area (Å²) in [5.74, 6) is 0.680. The minimum absolute atomic E-state index is 0.279. The van der Waals surface area contributed by atoms with Crippen LogP contribution in [0, 0.1) is 0 Å². The van der Waals surface area contributed by atoms with Crippen molar-refractivity contribution >= 4 is 38.6 Å². The Balaban J connectivity index is 1.73. The Kier molecular flexibility index (Phi) is 6.58. The van der Waals surface area contributed by atoms with E-state index in [-0.39, 0.29) is 23.0 Å². The van der Waals surface area contributed by atoms with Crippen molar-refractivity contribution in [3.63, 3.8) is 0 Å². The first-order chi connectivity index (χ1) is 14.3. The van der Waals surface area contributed by atoms with Crippen LogP contribution in [0.4, 0.5) is 11.4 Å². The number of sulfonamides is 1. The topological polar surface area (TPSA) is 107 Å². The van der Waals surface area contributed by atoms with E-state index in [1.807, 2.05) is 31.2 Å². The van der Waals surface area contributed by atoms with E-state index in [2.05, 4.69) is 15.0 Å². The monoisotopic (exact) mass is 447 g/mol. The van der Waals surface area contributed by atoms with Crippen LogP contribution in [0.15, 0.2) is 47.8 Å². The number of thiazole rings is 1. The third-order valence-electron chi connectivity index (χ3n) is 3.90. The van der Waals surface area contributed by atoms with Gasteiger partial charge in [0.25, 0.3) is 5.91 Å². The van der Waals surface area contributed by atoms with E-state index >= 15 is 0 Å². The Morgan fingerprint density at radius 2 is 1.90 bits per heavy atom. The zero-order valence-corrected chi connectivity index (χ0v) is 18.3. The molecule has 0 saturated carbocycles. The van der Waals surface area contributed by atoms with E-state index in [1.54, 1.807) is 11.4 Å². The maximum Gasteiger partial charge on any atom is 0.275 e. The normalized spacial score (nSPS) is 11.0. The van der Waals surface area contributed by atoms with Crippen molar-refractivity contribution in [3.05, 3.63) is 53.5 Å². The van der Waals surface area contributed by atoms with Gasteiger partial charge in [-0.2, -0.15) is 0 Å². The van der Waals surface area contributed by atoms with Crippen LogP contribution in [0.1, 0.15) is 17.4 Å². The van der Waals surface area contributed by atoms with Crippen molar-refractivity contribution in [3.8, 4) is 22.1 Å². The van der Waals surface area contributed by atoms with Gasteiger partial charge in [-0.1, -0.05) is 0 Å². The molecule has 30 heavy (non-hydrogen) atoms. The molecule has 0 bridgehead atoms. The van der Waals surface area contributed by atoms with Gasteiger partial charge in [-0.3, -0.25) is 9.52 Å². The number of hydrogen-bond donors (Lipinski definition) is 2. The molecular weight excluding hydrogens is 426 g/mol. The average Bonchev–Trinajstić information content (AvgIpc) is 3.19. The Hall–Kier alpha value is -3.11. The second kappa shape index (κ2) is 9.14. The second-order valence-electron chi connectivity index (χ2n) is 6.24. The fourth-order valence-corrected chi connectivity index (χ4v) is 3.99. The molecule has 0 fully saturated rings. The Morgan fingerprint density at radius 3 is 2.53 bits per heavy atom. The van der Waals surface area contributed by atoms with Gasteiger partial charge in [-0.05, 0) is 43.3 Å². The third kappa shape index (κ3) is 5.49. The highest BCUT2D eigenvalue weighted by Gasteiger charge is 2.14. The van der Waals surface area contributed by atoms with E-state index in [1.165, 1.54) is 30.6 Å². The molecule has 0 aliphatic heterocycles. The van der Waals surface area contributed by atoms with Crippen LogP contribution in [0.2, 0.25) is 0 Å². The lowest BCUT2D eigenvalue weighted by atomic mass is 10.2. The molecule has 1 aromatic heterocycles. The largest absolute Gasteiger partial charge is 0.494 e. The number of ether oxygens (including phenoxy) is 2. The van der Waals surface area contributed by atoms with E-state index in [0.717, 1.165) is 17.6 Å². The minimum Gasteiger partial charge on any atom is -0.494 e. The van der Waals surface area contributed by atoms with Crippen molar-refractivity contribution in [2.45, 2.75) is 6.92 Å². The molecule has 1 heterocycles. The van der Waals surface area contributed by atoms with Crippen molar-refractivity contribution in [2.24, 2.45) is 0 Å². The molecule has 3 rings (SSSR count). The summed E-state index contributed by atoms with van der Waals surface area (Å²) in [7, 11) is -2.04.